The molecular weight excluding hydrogens is 239 g/mol. The van der Waals surface area contributed by atoms with Gasteiger partial charge in [-0.05, 0) is 18.2 Å². The summed E-state index contributed by atoms with van der Waals surface area (Å²) in [5.41, 5.74) is 0.385. The normalized spacial score (nSPS) is 18.5. The van der Waals surface area contributed by atoms with Crippen LogP contribution in [0.4, 0.5) is 10.1 Å². The van der Waals surface area contributed by atoms with Gasteiger partial charge in [-0.2, -0.15) is 0 Å². The number of cyclic esters (lactones) is 1. The van der Waals surface area contributed by atoms with Crippen LogP contribution in [0.1, 0.15) is 6.42 Å². The lowest BCUT2D eigenvalue weighted by molar-refractivity contribution is -0.139. The molecule has 1 aromatic carbocycles. The third-order valence-electron chi connectivity index (χ3n) is 2.55. The molecule has 18 heavy (non-hydrogen) atoms. The summed E-state index contributed by atoms with van der Waals surface area (Å²) in [7, 11) is 0. The number of rotatable bonds is 4. The molecule has 0 aliphatic carbocycles. The van der Waals surface area contributed by atoms with Crippen LogP contribution in [0, 0.1) is 5.82 Å². The van der Waals surface area contributed by atoms with E-state index in [2.05, 4.69) is 10.6 Å². The van der Waals surface area contributed by atoms with Gasteiger partial charge in [-0.15, -0.1) is 0 Å². The van der Waals surface area contributed by atoms with E-state index >= 15 is 0 Å². The Morgan fingerprint density at radius 1 is 1.50 bits per heavy atom. The number of esters is 1. The van der Waals surface area contributed by atoms with E-state index in [0.717, 1.165) is 0 Å². The first-order valence-electron chi connectivity index (χ1n) is 5.60. The fourth-order valence-electron chi connectivity index (χ4n) is 1.67. The molecule has 1 aliphatic heterocycles. The van der Waals surface area contributed by atoms with Crippen LogP contribution in [-0.2, 0) is 14.3 Å². The van der Waals surface area contributed by atoms with Crippen molar-refractivity contribution in [1.82, 2.24) is 5.32 Å². The van der Waals surface area contributed by atoms with Crippen molar-refractivity contribution in [3.63, 3.8) is 0 Å². The molecule has 0 saturated carbocycles. The van der Waals surface area contributed by atoms with E-state index in [9.17, 15) is 14.0 Å². The highest BCUT2D eigenvalue weighted by atomic mass is 19.1. The molecular formula is C12H13FN2O3. The van der Waals surface area contributed by atoms with E-state index in [4.69, 9.17) is 4.74 Å². The largest absolute Gasteiger partial charge is 0.464 e. The number of amides is 1. The van der Waals surface area contributed by atoms with Gasteiger partial charge in [-0.3, -0.25) is 14.9 Å². The molecule has 5 nitrogen and oxygen atoms in total. The average molecular weight is 252 g/mol. The molecule has 1 heterocycles. The van der Waals surface area contributed by atoms with E-state index in [-0.39, 0.29) is 18.4 Å². The van der Waals surface area contributed by atoms with Crippen molar-refractivity contribution < 1.29 is 18.7 Å². The summed E-state index contributed by atoms with van der Waals surface area (Å²) in [6, 6.07) is 5.19. The molecule has 0 radical (unpaired) electrons. The minimum Gasteiger partial charge on any atom is -0.464 e. The average Bonchev–Trinajstić information content (AvgIpc) is 2.72. The summed E-state index contributed by atoms with van der Waals surface area (Å²) in [6.45, 7) is 0.359. The van der Waals surface area contributed by atoms with Crippen LogP contribution < -0.4 is 10.6 Å². The molecule has 1 fully saturated rings. The van der Waals surface area contributed by atoms with Crippen LogP contribution in [0.5, 0.6) is 0 Å². The molecule has 6 heteroatoms. The zero-order chi connectivity index (χ0) is 13.0. The second-order valence-corrected chi connectivity index (χ2v) is 3.95. The smallest absolute Gasteiger partial charge is 0.323 e. The molecule has 1 amide bonds. The highest BCUT2D eigenvalue weighted by Crippen LogP contribution is 2.09. The second kappa shape index (κ2) is 5.59. The Hall–Kier alpha value is -1.95. The van der Waals surface area contributed by atoms with Crippen molar-refractivity contribution in [3.05, 3.63) is 30.1 Å². The molecule has 2 N–H and O–H groups in total. The van der Waals surface area contributed by atoms with Crippen molar-refractivity contribution in [3.8, 4) is 0 Å². The molecule has 0 bridgehead atoms. The predicted molar refractivity (Wildman–Crippen MR) is 62.4 cm³/mol. The standard InChI is InChI=1S/C12H13FN2O3/c13-8-2-1-3-9(6-8)15-11(16)7-14-10-4-5-18-12(10)17/h1-3,6,10,14H,4-5,7H2,(H,15,16). The molecule has 1 saturated heterocycles. The first kappa shape index (κ1) is 12.5. The van der Waals surface area contributed by atoms with Gasteiger partial charge < -0.3 is 10.1 Å². The van der Waals surface area contributed by atoms with Gasteiger partial charge in [0.25, 0.3) is 0 Å². The van der Waals surface area contributed by atoms with Crippen LogP contribution in [0.15, 0.2) is 24.3 Å². The number of nitrogens with one attached hydrogen (secondary N) is 2. The first-order chi connectivity index (χ1) is 8.65. The van der Waals surface area contributed by atoms with Crippen molar-refractivity contribution in [1.29, 1.82) is 0 Å². The Kier molecular flexibility index (Phi) is 3.88. The molecule has 1 aromatic rings. The maximum Gasteiger partial charge on any atom is 0.323 e. The number of ether oxygens (including phenoxy) is 1. The lowest BCUT2D eigenvalue weighted by Gasteiger charge is -2.09. The quantitative estimate of drug-likeness (QED) is 0.773. The fourth-order valence-corrected chi connectivity index (χ4v) is 1.67. The Morgan fingerprint density at radius 3 is 3.00 bits per heavy atom. The van der Waals surface area contributed by atoms with Gasteiger partial charge >= 0.3 is 5.97 Å². The van der Waals surface area contributed by atoms with Crippen molar-refractivity contribution >= 4 is 17.6 Å². The summed E-state index contributed by atoms with van der Waals surface area (Å²) >= 11 is 0. The maximum absolute atomic E-state index is 12.9. The van der Waals surface area contributed by atoms with E-state index < -0.39 is 11.9 Å². The zero-order valence-corrected chi connectivity index (χ0v) is 9.61. The molecule has 1 aliphatic rings. The van der Waals surface area contributed by atoms with E-state index in [1.165, 1.54) is 18.2 Å². The SMILES string of the molecule is O=C(CNC1CCOC1=O)Nc1cccc(F)c1. The first-order valence-corrected chi connectivity index (χ1v) is 5.60. The van der Waals surface area contributed by atoms with Crippen molar-refractivity contribution in [2.75, 3.05) is 18.5 Å². The minimum atomic E-state index is -0.428. The molecule has 1 unspecified atom stereocenters. The van der Waals surface area contributed by atoms with Gasteiger partial charge in [0, 0.05) is 12.1 Å². The Balaban J connectivity index is 1.80. The van der Waals surface area contributed by atoms with Crippen molar-refractivity contribution in [2.45, 2.75) is 12.5 Å². The monoisotopic (exact) mass is 252 g/mol. The number of anilines is 1. The molecule has 0 aromatic heterocycles. The predicted octanol–water partition coefficient (Wildman–Crippen LogP) is 0.669. The second-order valence-electron chi connectivity index (χ2n) is 3.95. The van der Waals surface area contributed by atoms with Crippen molar-refractivity contribution in [2.24, 2.45) is 0 Å². The van der Waals surface area contributed by atoms with Crippen LogP contribution in [0.2, 0.25) is 0 Å². The zero-order valence-electron chi connectivity index (χ0n) is 9.61. The highest BCUT2D eigenvalue weighted by Gasteiger charge is 2.26. The molecule has 0 spiro atoms. The number of halogens is 1. The van der Waals surface area contributed by atoms with Gasteiger partial charge in [0.05, 0.1) is 13.2 Å². The topological polar surface area (TPSA) is 67.4 Å². The third kappa shape index (κ3) is 3.27. The summed E-state index contributed by atoms with van der Waals surface area (Å²) in [4.78, 5) is 22.7. The Morgan fingerprint density at radius 2 is 2.33 bits per heavy atom. The number of hydrogen-bond acceptors (Lipinski definition) is 4. The highest BCUT2D eigenvalue weighted by molar-refractivity contribution is 5.92. The Bertz CT molecular complexity index is 464. The van der Waals surface area contributed by atoms with E-state index in [0.29, 0.717) is 18.7 Å². The fraction of sp³-hybridized carbons (Fsp3) is 0.333. The summed E-state index contributed by atoms with van der Waals surface area (Å²) in [6.07, 6.45) is 0.562. The lowest BCUT2D eigenvalue weighted by atomic mass is 10.2. The van der Waals surface area contributed by atoms with Crippen LogP contribution >= 0.6 is 0 Å². The maximum atomic E-state index is 12.9. The molecule has 96 valence electrons. The van der Waals surface area contributed by atoms with Gasteiger partial charge in [-0.1, -0.05) is 6.07 Å². The van der Waals surface area contributed by atoms with E-state index in [1.54, 1.807) is 6.07 Å². The Labute approximate surface area is 103 Å². The third-order valence-corrected chi connectivity index (χ3v) is 2.55. The number of carbonyl (C=O) groups excluding carboxylic acids is 2. The lowest BCUT2D eigenvalue weighted by Crippen LogP contribution is -2.38. The van der Waals surface area contributed by atoms with Crippen LogP contribution in [-0.4, -0.2) is 31.1 Å². The minimum absolute atomic E-state index is 0.0176. The summed E-state index contributed by atoms with van der Waals surface area (Å²) < 4.78 is 17.6. The van der Waals surface area contributed by atoms with Gasteiger partial charge in [0.1, 0.15) is 11.9 Å². The number of carbonyl (C=O) groups is 2. The van der Waals surface area contributed by atoms with Crippen LogP contribution in [0.25, 0.3) is 0 Å². The number of benzene rings is 1. The molecule has 1 atom stereocenters. The summed E-state index contributed by atoms with van der Waals surface area (Å²) in [5, 5.41) is 5.31. The van der Waals surface area contributed by atoms with E-state index in [1.807, 2.05) is 0 Å². The van der Waals surface area contributed by atoms with Crippen LogP contribution in [0.3, 0.4) is 0 Å². The summed E-state index contributed by atoms with van der Waals surface area (Å²) in [5.74, 6) is -1.09. The number of hydrogen-bond donors (Lipinski definition) is 2. The molecule has 2 rings (SSSR count). The van der Waals surface area contributed by atoms with Gasteiger partial charge in [-0.25, -0.2) is 4.39 Å². The van der Waals surface area contributed by atoms with Gasteiger partial charge in [0.2, 0.25) is 5.91 Å². The van der Waals surface area contributed by atoms with Gasteiger partial charge in [0.15, 0.2) is 0 Å².